The highest BCUT2D eigenvalue weighted by Crippen LogP contribution is 2.13. The Morgan fingerprint density at radius 2 is 0.549 bits per heavy atom. The zero-order valence-electron chi connectivity index (χ0n) is 64.5. The van der Waals surface area contributed by atoms with Crippen molar-refractivity contribution in [3.63, 3.8) is 0 Å². The van der Waals surface area contributed by atoms with E-state index >= 15 is 0 Å². The lowest BCUT2D eigenvalue weighted by Gasteiger charge is -2.28. The number of nitrogens with two attached hydrogens (primary N) is 6. The lowest BCUT2D eigenvalue weighted by Crippen LogP contribution is -2.60. The zero-order chi connectivity index (χ0) is 86.1. The van der Waals surface area contributed by atoms with Crippen LogP contribution in [0, 0.1) is 11.8 Å². The highest BCUT2D eigenvalue weighted by molar-refractivity contribution is 6.58. The fourth-order valence-corrected chi connectivity index (χ4v) is 10.3. The van der Waals surface area contributed by atoms with E-state index < -0.39 is 231 Å². The molecule has 0 fully saturated rings. The van der Waals surface area contributed by atoms with E-state index in [0.717, 1.165) is 13.8 Å². The average Bonchev–Trinajstić information content (AvgIpc) is 0.863. The first-order valence-corrected chi connectivity index (χ1v) is 36.2. The summed E-state index contributed by atoms with van der Waals surface area (Å²) in [7, 11) is -1.83. The molecular formula is C67H111BN22O23. The number of rotatable bonds is 53. The Balaban J connectivity index is 3.49. The first kappa shape index (κ1) is 99.0. The molecule has 0 aromatic heterocycles. The first-order chi connectivity index (χ1) is 52.7. The van der Waals surface area contributed by atoms with E-state index in [1.807, 2.05) is 0 Å². The van der Waals surface area contributed by atoms with E-state index in [1.165, 1.54) is 45.0 Å². The lowest BCUT2D eigenvalue weighted by molar-refractivity contribution is -0.143. The van der Waals surface area contributed by atoms with Crippen molar-refractivity contribution >= 4 is 131 Å². The highest BCUT2D eigenvalue weighted by Gasteiger charge is 2.37. The summed E-state index contributed by atoms with van der Waals surface area (Å²) in [4.78, 5) is 238. The van der Waals surface area contributed by atoms with Crippen LogP contribution in [-0.2, 0) is 76.7 Å². The molecule has 0 aliphatic rings. The summed E-state index contributed by atoms with van der Waals surface area (Å²) in [5, 5.41) is 88.3. The highest BCUT2D eigenvalue weighted by atomic mass is 16.4. The zero-order valence-corrected chi connectivity index (χ0v) is 64.5. The molecule has 13 amide bonds. The standard InChI is InChI=1S/C67H111BN22O23/c1-31(2)29-46(63(109)88-41(14-11-27-76-66(71)72)58(104)80-34(6)52(98)83-40(13-10-26-75-65(69)70)57(103)79-35(7)53(99)84-42(15-12-28-77-67(73)74)61(107)90-47(64(110)111)30-32(3)4)89-62(108)45(22-25-50(95)96)87-55(101)37(9)82-60(106)44(21-24-49(93)94)86-54(100)36(8)81-59(105)43(20-23-48(91)92)85-51(97)33(5)78-56(102)38-16-18-39(19-17-38)68(112)113/h16-19,31-37,40-47,112-113H,10-15,20-30H2,1-9H3,(H,78,102)(H,79,103)(H,80,104)(H,81,105)(H,82,106)(H,83,98)(H,84,99)(H,85,97)(H,86,100)(H,87,101)(H,88,109)(H,89,108)(H,90,107)(H,91,92)(H,93,94)(H,95,96)(H,110,111)(H4,69,70,75)(H4,71,72,76)(H4,73,74,77)/t33-,34-,35-,36-,37-,40-,41-,42-,43-,44-,45-,46-,47-/m0/s1. The van der Waals surface area contributed by atoms with Gasteiger partial charge in [0, 0.05) is 44.5 Å². The molecule has 1 rings (SSSR count). The topological polar surface area (TPSA) is 761 Å². The van der Waals surface area contributed by atoms with E-state index in [4.69, 9.17) is 34.4 Å². The quantitative estimate of drug-likeness (QED) is 0.0125. The number of aliphatic imine (C=N–C) groups is 3. The number of nitrogens with one attached hydrogen (secondary N) is 13. The first-order valence-electron chi connectivity index (χ1n) is 36.2. The molecule has 0 saturated carbocycles. The fraction of sp³-hybridized carbons (Fsp3) is 0.612. The minimum atomic E-state index is -1.83. The lowest BCUT2D eigenvalue weighted by atomic mass is 9.80. The number of carbonyl (C=O) groups excluding carboxylic acids is 13. The predicted molar refractivity (Wildman–Crippen MR) is 406 cm³/mol. The van der Waals surface area contributed by atoms with Gasteiger partial charge in [0.2, 0.25) is 70.9 Å². The number of amides is 13. The van der Waals surface area contributed by atoms with E-state index in [-0.39, 0.29) is 106 Å². The van der Waals surface area contributed by atoms with Crippen LogP contribution in [0.5, 0.6) is 0 Å². The molecule has 0 radical (unpaired) electrons. The molecular weight excluding hydrogens is 1490 g/mol. The molecule has 0 aliphatic heterocycles. The Bertz CT molecular complexity index is 3550. The molecule has 1 aromatic carbocycles. The van der Waals surface area contributed by atoms with Crippen LogP contribution in [-0.4, -0.2) is 254 Å². The van der Waals surface area contributed by atoms with Crippen LogP contribution in [0.25, 0.3) is 0 Å². The van der Waals surface area contributed by atoms with Crippen LogP contribution >= 0.6 is 0 Å². The van der Waals surface area contributed by atoms with Crippen molar-refractivity contribution in [2.24, 2.45) is 61.2 Å². The van der Waals surface area contributed by atoms with Gasteiger partial charge in [-0.3, -0.25) is 91.7 Å². The molecule has 0 aliphatic carbocycles. The maximum Gasteiger partial charge on any atom is 0.488 e. The maximum atomic E-state index is 14.4. The smallest absolute Gasteiger partial charge is 0.481 e. The molecule has 31 N–H and O–H groups in total. The van der Waals surface area contributed by atoms with Gasteiger partial charge in [-0.2, -0.15) is 0 Å². The van der Waals surface area contributed by atoms with Crippen molar-refractivity contribution in [2.45, 2.75) is 231 Å². The number of carbonyl (C=O) groups is 17. The van der Waals surface area contributed by atoms with Crippen molar-refractivity contribution in [3.8, 4) is 0 Å². The van der Waals surface area contributed by atoms with Gasteiger partial charge in [0.1, 0.15) is 78.5 Å². The molecule has 0 bridgehead atoms. The molecule has 46 heteroatoms. The van der Waals surface area contributed by atoms with E-state index in [2.05, 4.69) is 84.1 Å². The third-order valence-corrected chi connectivity index (χ3v) is 16.5. The molecule has 45 nitrogen and oxygen atoms in total. The fourth-order valence-electron chi connectivity index (χ4n) is 10.3. The number of hydrogen-bond donors (Lipinski definition) is 25. The summed E-state index contributed by atoms with van der Waals surface area (Å²) in [6.07, 6.45) is -4.49. The van der Waals surface area contributed by atoms with Crippen molar-refractivity contribution in [2.75, 3.05) is 19.6 Å². The average molecular weight is 1600 g/mol. The van der Waals surface area contributed by atoms with Crippen molar-refractivity contribution < 1.29 is 112 Å². The summed E-state index contributed by atoms with van der Waals surface area (Å²) in [6.45, 7) is 12.6. The van der Waals surface area contributed by atoms with Gasteiger partial charge in [-0.05, 0) is 135 Å². The van der Waals surface area contributed by atoms with E-state index in [1.54, 1.807) is 27.7 Å². The minimum absolute atomic E-state index is 0.000619. The number of hydrogen-bond acceptors (Lipinski definition) is 22. The summed E-state index contributed by atoms with van der Waals surface area (Å²) in [5.41, 5.74) is 32.9. The van der Waals surface area contributed by atoms with Gasteiger partial charge in [-0.15, -0.1) is 0 Å². The Labute approximate surface area is 651 Å². The number of benzene rings is 1. The second-order valence-corrected chi connectivity index (χ2v) is 27.3. The van der Waals surface area contributed by atoms with Gasteiger partial charge in [-0.25, -0.2) is 4.79 Å². The van der Waals surface area contributed by atoms with E-state index in [9.17, 15) is 112 Å². The molecule has 1 aromatic rings. The maximum absolute atomic E-state index is 14.4. The summed E-state index contributed by atoms with van der Waals surface area (Å²) < 4.78 is 0. The van der Waals surface area contributed by atoms with Crippen LogP contribution in [0.1, 0.15) is 163 Å². The van der Waals surface area contributed by atoms with Gasteiger partial charge in [0.15, 0.2) is 17.9 Å². The van der Waals surface area contributed by atoms with Crippen molar-refractivity contribution in [1.82, 2.24) is 69.1 Å². The number of aliphatic carboxylic acids is 4. The van der Waals surface area contributed by atoms with Gasteiger partial charge < -0.3 is 134 Å². The van der Waals surface area contributed by atoms with E-state index in [0.29, 0.717) is 0 Å². The number of carboxylic acid groups (broad SMARTS) is 4. The molecule has 0 unspecified atom stereocenters. The summed E-state index contributed by atoms with van der Waals surface area (Å²) in [6, 6.07) is -15.1. The Hall–Kier alpha value is -12.0. The second-order valence-electron chi connectivity index (χ2n) is 27.3. The van der Waals surface area contributed by atoms with Crippen molar-refractivity contribution in [3.05, 3.63) is 29.8 Å². The molecule has 630 valence electrons. The molecule has 13 atom stereocenters. The van der Waals surface area contributed by atoms with Crippen LogP contribution < -0.4 is 109 Å². The third kappa shape index (κ3) is 40.5. The predicted octanol–water partition coefficient (Wildman–Crippen LogP) is -8.69. The molecule has 0 heterocycles. The van der Waals surface area contributed by atoms with Crippen molar-refractivity contribution in [1.29, 1.82) is 0 Å². The van der Waals surface area contributed by atoms with Gasteiger partial charge in [-0.1, -0.05) is 39.8 Å². The Morgan fingerprint density at radius 1 is 0.319 bits per heavy atom. The molecule has 0 spiro atoms. The largest absolute Gasteiger partial charge is 0.488 e. The normalized spacial score (nSPS) is 14.3. The SMILES string of the molecule is CC(C)C[C@H](NC(=O)[C@H](CCCN=C(N)N)NC(=O)[C@H](C)NC(=O)[C@H](CCCN=C(N)N)NC(=O)[C@H](C)NC(=O)[C@H](CCCN=C(N)N)NC(=O)[C@H](CC(C)C)NC(=O)[C@H](CCC(=O)O)NC(=O)[C@H](C)NC(=O)[C@H](CCC(=O)O)NC(=O)[C@H](C)NC(=O)[C@H](CCC(=O)O)NC(=O)[C@H](C)NC(=O)c1ccc(B(O)O)cc1)C(=O)O. The summed E-state index contributed by atoms with van der Waals surface area (Å²) >= 11 is 0. The van der Waals surface area contributed by atoms with Crippen LogP contribution in [0.15, 0.2) is 39.2 Å². The second kappa shape index (κ2) is 50.7. The Kier molecular flexibility index (Phi) is 44.5. The molecule has 0 saturated heterocycles. The van der Waals surface area contributed by atoms with Crippen LogP contribution in [0.4, 0.5) is 0 Å². The van der Waals surface area contributed by atoms with Gasteiger partial charge in [0.05, 0.1) is 0 Å². The van der Waals surface area contributed by atoms with Crippen LogP contribution in [0.3, 0.4) is 0 Å². The monoisotopic (exact) mass is 1600 g/mol. The van der Waals surface area contributed by atoms with Gasteiger partial charge >= 0.3 is 31.0 Å². The number of nitrogens with zero attached hydrogens (tertiary/aromatic N) is 3. The Morgan fingerprint density at radius 3 is 0.805 bits per heavy atom. The van der Waals surface area contributed by atoms with Crippen LogP contribution in [0.2, 0.25) is 0 Å². The molecule has 113 heavy (non-hydrogen) atoms. The summed E-state index contributed by atoms with van der Waals surface area (Å²) in [5.74, 6) is -20.4. The third-order valence-electron chi connectivity index (χ3n) is 16.5. The minimum Gasteiger partial charge on any atom is -0.481 e. The number of guanidine groups is 3. The number of carboxylic acids is 4. The van der Waals surface area contributed by atoms with Gasteiger partial charge in [0.25, 0.3) is 5.91 Å².